The van der Waals surface area contributed by atoms with Crippen LogP contribution in [0, 0.1) is 5.92 Å². The number of nitrogens with one attached hydrogen (secondary N) is 2. The van der Waals surface area contributed by atoms with E-state index in [1.165, 1.54) is 0 Å². The molecule has 0 bridgehead atoms. The van der Waals surface area contributed by atoms with Crippen LogP contribution in [0.3, 0.4) is 0 Å². The molecular formula is C26H35N3O3. The summed E-state index contributed by atoms with van der Waals surface area (Å²) in [6.45, 7) is 4.87. The fourth-order valence-electron chi connectivity index (χ4n) is 4.25. The van der Waals surface area contributed by atoms with Crippen molar-refractivity contribution in [2.24, 2.45) is 5.92 Å². The van der Waals surface area contributed by atoms with E-state index in [0.29, 0.717) is 29.5 Å². The summed E-state index contributed by atoms with van der Waals surface area (Å²) in [7, 11) is 1.61. The standard InChI is InChI=1S/C26H35N3O3/c1-4-6-16-29-17-15-22(20-12-9-13-21(18-20)32-3)24(25(29)30)28-26(31)27-23-14-8-7-11-19(23)10-5-2/h7,9,11-13,15,17-19,23H,4-6,8,10,14,16H2,1-3H3,(H2,27,28,31). The highest BCUT2D eigenvalue weighted by Gasteiger charge is 2.24. The predicted octanol–water partition coefficient (Wildman–Crippen LogP) is 5.58. The average molecular weight is 438 g/mol. The van der Waals surface area contributed by atoms with Gasteiger partial charge in [-0.05, 0) is 55.4 Å². The van der Waals surface area contributed by atoms with Crippen LogP contribution in [-0.2, 0) is 6.54 Å². The Kier molecular flexibility index (Phi) is 8.54. The first kappa shape index (κ1) is 23.6. The number of amides is 2. The summed E-state index contributed by atoms with van der Waals surface area (Å²) in [6, 6.07) is 9.16. The maximum absolute atomic E-state index is 13.3. The molecule has 172 valence electrons. The van der Waals surface area contributed by atoms with Crippen molar-refractivity contribution in [1.29, 1.82) is 0 Å². The van der Waals surface area contributed by atoms with E-state index in [1.54, 1.807) is 17.9 Å². The van der Waals surface area contributed by atoms with Crippen molar-refractivity contribution in [3.63, 3.8) is 0 Å². The maximum Gasteiger partial charge on any atom is 0.319 e. The van der Waals surface area contributed by atoms with Crippen LogP contribution in [0.1, 0.15) is 52.4 Å². The summed E-state index contributed by atoms with van der Waals surface area (Å²) in [5, 5.41) is 6.01. The number of ether oxygens (including phenoxy) is 1. The fourth-order valence-corrected chi connectivity index (χ4v) is 4.25. The molecule has 0 saturated heterocycles. The minimum absolute atomic E-state index is 0.0752. The number of carbonyl (C=O) groups excluding carboxylic acids is 1. The van der Waals surface area contributed by atoms with Crippen LogP contribution in [0.5, 0.6) is 5.75 Å². The minimum atomic E-state index is -0.333. The van der Waals surface area contributed by atoms with Crippen molar-refractivity contribution < 1.29 is 9.53 Å². The highest BCUT2D eigenvalue weighted by Crippen LogP contribution is 2.29. The number of methoxy groups -OCH3 is 1. The molecule has 3 rings (SSSR count). The number of nitrogens with zero attached hydrogens (tertiary/aromatic N) is 1. The molecule has 1 aromatic heterocycles. The van der Waals surface area contributed by atoms with Gasteiger partial charge in [0.1, 0.15) is 11.4 Å². The summed E-state index contributed by atoms with van der Waals surface area (Å²) in [6.07, 6.45) is 12.1. The summed E-state index contributed by atoms with van der Waals surface area (Å²) < 4.78 is 7.02. The second-order valence-electron chi connectivity index (χ2n) is 8.35. The molecule has 0 saturated carbocycles. The Bertz CT molecular complexity index is 996. The number of hydrogen-bond donors (Lipinski definition) is 2. The summed E-state index contributed by atoms with van der Waals surface area (Å²) in [5.41, 5.74) is 1.62. The monoisotopic (exact) mass is 437 g/mol. The zero-order chi connectivity index (χ0) is 22.9. The van der Waals surface area contributed by atoms with E-state index in [2.05, 4.69) is 36.6 Å². The number of aryl methyl sites for hydroxylation is 1. The van der Waals surface area contributed by atoms with Crippen molar-refractivity contribution in [1.82, 2.24) is 9.88 Å². The smallest absolute Gasteiger partial charge is 0.319 e. The van der Waals surface area contributed by atoms with Gasteiger partial charge in [-0.2, -0.15) is 0 Å². The second kappa shape index (κ2) is 11.6. The van der Waals surface area contributed by atoms with Crippen LogP contribution in [-0.4, -0.2) is 23.7 Å². The fraction of sp³-hybridized carbons (Fsp3) is 0.462. The van der Waals surface area contributed by atoms with Gasteiger partial charge in [0.15, 0.2) is 0 Å². The molecule has 32 heavy (non-hydrogen) atoms. The van der Waals surface area contributed by atoms with Gasteiger partial charge in [-0.25, -0.2) is 4.79 Å². The van der Waals surface area contributed by atoms with Gasteiger partial charge in [0.2, 0.25) is 0 Å². The van der Waals surface area contributed by atoms with E-state index < -0.39 is 0 Å². The Balaban J connectivity index is 1.90. The minimum Gasteiger partial charge on any atom is -0.497 e. The van der Waals surface area contributed by atoms with Crippen molar-refractivity contribution in [3.05, 3.63) is 59.0 Å². The lowest BCUT2D eigenvalue weighted by molar-refractivity contribution is 0.242. The van der Waals surface area contributed by atoms with Gasteiger partial charge in [0.25, 0.3) is 5.56 Å². The molecule has 2 atom stereocenters. The van der Waals surface area contributed by atoms with Gasteiger partial charge in [-0.3, -0.25) is 4.79 Å². The normalized spacial score (nSPS) is 17.7. The quantitative estimate of drug-likeness (QED) is 0.503. The molecule has 0 radical (unpaired) electrons. The number of unbranched alkanes of at least 4 members (excludes halogenated alkanes) is 1. The molecule has 0 fully saturated rings. The molecule has 0 aliphatic heterocycles. The number of hydrogen-bond acceptors (Lipinski definition) is 3. The molecule has 2 N–H and O–H groups in total. The highest BCUT2D eigenvalue weighted by atomic mass is 16.5. The maximum atomic E-state index is 13.3. The van der Waals surface area contributed by atoms with Gasteiger partial charge in [-0.15, -0.1) is 0 Å². The van der Waals surface area contributed by atoms with Gasteiger partial charge in [0, 0.05) is 24.3 Å². The van der Waals surface area contributed by atoms with Gasteiger partial charge in [0.05, 0.1) is 7.11 Å². The van der Waals surface area contributed by atoms with Gasteiger partial charge in [-0.1, -0.05) is 51.0 Å². The molecule has 6 nitrogen and oxygen atoms in total. The number of benzene rings is 1. The van der Waals surface area contributed by atoms with Crippen LogP contribution in [0.25, 0.3) is 11.1 Å². The molecular weight excluding hydrogens is 402 g/mol. The molecule has 2 aromatic rings. The number of rotatable bonds is 9. The number of urea groups is 1. The number of aromatic nitrogens is 1. The van der Waals surface area contributed by atoms with Crippen LogP contribution < -0.4 is 20.9 Å². The number of carbonyl (C=O) groups is 1. The van der Waals surface area contributed by atoms with Gasteiger partial charge < -0.3 is 19.9 Å². The van der Waals surface area contributed by atoms with E-state index in [-0.39, 0.29) is 17.6 Å². The third-order valence-corrected chi connectivity index (χ3v) is 6.02. The molecule has 0 spiro atoms. The van der Waals surface area contributed by atoms with Crippen LogP contribution >= 0.6 is 0 Å². The molecule has 1 aromatic carbocycles. The van der Waals surface area contributed by atoms with E-state index in [4.69, 9.17) is 4.74 Å². The van der Waals surface area contributed by atoms with Crippen molar-refractivity contribution in [2.45, 2.75) is 65.0 Å². The van der Waals surface area contributed by atoms with E-state index in [1.807, 2.05) is 30.3 Å². The van der Waals surface area contributed by atoms with Gasteiger partial charge >= 0.3 is 6.03 Å². The van der Waals surface area contributed by atoms with Crippen molar-refractivity contribution >= 4 is 11.7 Å². The Labute approximate surface area is 190 Å². The third kappa shape index (κ3) is 5.81. The van der Waals surface area contributed by atoms with E-state index in [9.17, 15) is 9.59 Å². The first-order valence-electron chi connectivity index (χ1n) is 11.7. The third-order valence-electron chi connectivity index (χ3n) is 6.02. The zero-order valence-corrected chi connectivity index (χ0v) is 19.4. The van der Waals surface area contributed by atoms with E-state index >= 15 is 0 Å². The molecule has 1 heterocycles. The Morgan fingerprint density at radius 3 is 2.81 bits per heavy atom. The average Bonchev–Trinajstić information content (AvgIpc) is 2.81. The van der Waals surface area contributed by atoms with Crippen molar-refractivity contribution in [2.75, 3.05) is 12.4 Å². The summed E-state index contributed by atoms with van der Waals surface area (Å²) in [4.78, 5) is 26.3. The lowest BCUT2D eigenvalue weighted by Crippen LogP contribution is -2.44. The molecule has 2 amide bonds. The number of pyridine rings is 1. The molecule has 1 aliphatic carbocycles. The molecule has 6 heteroatoms. The highest BCUT2D eigenvalue weighted by molar-refractivity contribution is 5.94. The second-order valence-corrected chi connectivity index (χ2v) is 8.35. The number of anilines is 1. The van der Waals surface area contributed by atoms with Crippen LogP contribution in [0.4, 0.5) is 10.5 Å². The van der Waals surface area contributed by atoms with E-state index in [0.717, 1.165) is 44.1 Å². The predicted molar refractivity (Wildman–Crippen MR) is 130 cm³/mol. The SMILES string of the molecule is CCCCn1ccc(-c2cccc(OC)c2)c(NC(=O)NC2CCC=CC2CCC)c1=O. The first-order chi connectivity index (χ1) is 15.6. The largest absolute Gasteiger partial charge is 0.497 e. The lowest BCUT2D eigenvalue weighted by atomic mass is 9.87. The Hall–Kier alpha value is -3.02. The number of allylic oxidation sites excluding steroid dienone is 1. The van der Waals surface area contributed by atoms with Crippen molar-refractivity contribution in [3.8, 4) is 16.9 Å². The Morgan fingerprint density at radius 1 is 1.22 bits per heavy atom. The summed E-state index contributed by atoms with van der Waals surface area (Å²) in [5.74, 6) is 1.03. The first-order valence-corrected chi connectivity index (χ1v) is 11.7. The van der Waals surface area contributed by atoms with Crippen LogP contribution in [0.15, 0.2) is 53.5 Å². The topological polar surface area (TPSA) is 72.4 Å². The lowest BCUT2D eigenvalue weighted by Gasteiger charge is -2.28. The molecule has 2 unspecified atom stereocenters. The molecule has 1 aliphatic rings. The van der Waals surface area contributed by atoms with Crippen LogP contribution in [0.2, 0.25) is 0 Å². The summed E-state index contributed by atoms with van der Waals surface area (Å²) >= 11 is 0. The Morgan fingerprint density at radius 2 is 2.06 bits per heavy atom. The zero-order valence-electron chi connectivity index (χ0n) is 19.4.